The second-order valence-corrected chi connectivity index (χ2v) is 6.65. The lowest BCUT2D eigenvalue weighted by Crippen LogP contribution is -2.48. The van der Waals surface area contributed by atoms with Gasteiger partial charge in [-0.3, -0.25) is 4.90 Å². The smallest absolute Gasteiger partial charge is 0.410 e. The number of hydrogen-bond donors (Lipinski definition) is 1. The minimum atomic E-state index is -0.536. The van der Waals surface area contributed by atoms with Gasteiger partial charge in [-0.1, -0.05) is 11.6 Å². The highest BCUT2D eigenvalue weighted by molar-refractivity contribution is 6.30. The zero-order valence-corrected chi connectivity index (χ0v) is 13.9. The lowest BCUT2D eigenvalue weighted by Gasteiger charge is -2.37. The van der Waals surface area contributed by atoms with Crippen LogP contribution in [0.5, 0.6) is 5.75 Å². The van der Waals surface area contributed by atoms with Crippen LogP contribution in [0.2, 0.25) is 5.02 Å². The zero-order chi connectivity index (χ0) is 17.6. The maximum Gasteiger partial charge on any atom is 0.415 e. The van der Waals surface area contributed by atoms with Crippen LogP contribution in [0.25, 0.3) is 0 Å². The second kappa shape index (κ2) is 6.28. The third kappa shape index (κ3) is 2.96. The van der Waals surface area contributed by atoms with Gasteiger partial charge in [-0.15, -0.1) is 0 Å². The molecule has 1 fully saturated rings. The van der Waals surface area contributed by atoms with Gasteiger partial charge in [0.2, 0.25) is 0 Å². The molecule has 2 aliphatic heterocycles. The molecule has 2 heterocycles. The number of hydrogen-bond acceptors (Lipinski definition) is 3. The van der Waals surface area contributed by atoms with Crippen LogP contribution in [-0.2, 0) is 6.54 Å². The van der Waals surface area contributed by atoms with Gasteiger partial charge in [-0.25, -0.2) is 13.6 Å². The molecule has 0 bridgehead atoms. The molecular weight excluding hydrogens is 350 g/mol. The summed E-state index contributed by atoms with van der Waals surface area (Å²) in [6, 6.07) is 8.19. The van der Waals surface area contributed by atoms with Gasteiger partial charge in [0, 0.05) is 25.6 Å². The van der Waals surface area contributed by atoms with E-state index >= 15 is 0 Å². The highest BCUT2D eigenvalue weighted by atomic mass is 35.5. The largest absolute Gasteiger partial charge is 0.415 e. The Morgan fingerprint density at radius 1 is 1.20 bits per heavy atom. The summed E-state index contributed by atoms with van der Waals surface area (Å²) >= 11 is 5.92. The van der Waals surface area contributed by atoms with Gasteiger partial charge in [0.25, 0.3) is 0 Å². The van der Waals surface area contributed by atoms with Crippen LogP contribution in [0.15, 0.2) is 36.4 Å². The Hall–Kier alpha value is -2.18. The van der Waals surface area contributed by atoms with E-state index in [1.165, 1.54) is 30.3 Å². The van der Waals surface area contributed by atoms with E-state index in [-0.39, 0.29) is 29.3 Å². The van der Waals surface area contributed by atoms with Gasteiger partial charge in [0.05, 0.1) is 11.1 Å². The van der Waals surface area contributed by atoms with E-state index in [0.717, 1.165) is 11.1 Å². The minimum Gasteiger partial charge on any atom is -0.410 e. The number of nitrogens with zero attached hydrogens (tertiary/aromatic N) is 1. The van der Waals surface area contributed by atoms with Gasteiger partial charge >= 0.3 is 6.09 Å². The molecule has 2 aliphatic rings. The Labute approximate surface area is 148 Å². The Morgan fingerprint density at radius 2 is 1.96 bits per heavy atom. The molecule has 0 aromatic heterocycles. The minimum absolute atomic E-state index is 0.0302. The van der Waals surface area contributed by atoms with Crippen molar-refractivity contribution in [1.29, 1.82) is 0 Å². The predicted molar refractivity (Wildman–Crippen MR) is 88.8 cm³/mol. The SMILES string of the molecule is O=C(Oc1ccc(F)cc1)N1Cc2cc(F)c(Cl)cc2[C@@H]2CNC[C@H]21. The third-order valence-electron chi connectivity index (χ3n) is 4.76. The summed E-state index contributed by atoms with van der Waals surface area (Å²) in [6.45, 7) is 1.55. The van der Waals surface area contributed by atoms with Gasteiger partial charge < -0.3 is 10.1 Å². The van der Waals surface area contributed by atoms with Crippen molar-refractivity contribution in [3.63, 3.8) is 0 Å². The Bertz CT molecular complexity index is 829. The highest BCUT2D eigenvalue weighted by Gasteiger charge is 2.41. The molecule has 1 saturated heterocycles. The van der Waals surface area contributed by atoms with E-state index in [9.17, 15) is 13.6 Å². The number of ether oxygens (including phenoxy) is 1. The second-order valence-electron chi connectivity index (χ2n) is 6.25. The molecule has 2 aromatic rings. The molecule has 130 valence electrons. The fourth-order valence-electron chi connectivity index (χ4n) is 3.56. The molecular formula is C18H15ClF2N2O2. The normalized spacial score (nSPS) is 21.6. The summed E-state index contributed by atoms with van der Waals surface area (Å²) < 4.78 is 32.2. The number of nitrogens with one attached hydrogen (secondary N) is 1. The summed E-state index contributed by atoms with van der Waals surface area (Å²) in [5.74, 6) is -0.611. The maximum atomic E-state index is 13.8. The Balaban J connectivity index is 1.62. The summed E-state index contributed by atoms with van der Waals surface area (Å²) in [4.78, 5) is 14.2. The van der Waals surface area contributed by atoms with Crippen molar-refractivity contribution >= 4 is 17.7 Å². The highest BCUT2D eigenvalue weighted by Crippen LogP contribution is 2.38. The number of amides is 1. The lowest BCUT2D eigenvalue weighted by atomic mass is 9.85. The van der Waals surface area contributed by atoms with Crippen LogP contribution in [0.1, 0.15) is 17.0 Å². The van der Waals surface area contributed by atoms with E-state index < -0.39 is 17.7 Å². The number of halogens is 3. The fraction of sp³-hybridized carbons (Fsp3) is 0.278. The molecule has 4 rings (SSSR count). The van der Waals surface area contributed by atoms with E-state index in [4.69, 9.17) is 16.3 Å². The van der Waals surface area contributed by atoms with Crippen LogP contribution >= 0.6 is 11.6 Å². The first kappa shape index (κ1) is 16.3. The summed E-state index contributed by atoms with van der Waals surface area (Å²) in [5.41, 5.74) is 1.69. The van der Waals surface area contributed by atoms with E-state index in [1.807, 2.05) is 0 Å². The number of carbonyl (C=O) groups is 1. The van der Waals surface area contributed by atoms with Crippen LogP contribution < -0.4 is 10.1 Å². The quantitative estimate of drug-likeness (QED) is 0.839. The van der Waals surface area contributed by atoms with Crippen molar-refractivity contribution in [2.24, 2.45) is 0 Å². The summed E-state index contributed by atoms with van der Waals surface area (Å²) in [5, 5.41) is 3.35. The lowest BCUT2D eigenvalue weighted by molar-refractivity contribution is 0.121. The van der Waals surface area contributed by atoms with Gasteiger partial charge in [0.15, 0.2) is 0 Å². The standard InChI is InChI=1S/C18H15ClF2N2O2/c19-15-6-13-10(5-16(15)21)9-23(17-8-22-7-14(13)17)18(24)25-12-3-1-11(20)2-4-12/h1-6,14,17,22H,7-9H2/t14-,17+/m0/s1. The molecule has 0 spiro atoms. The molecule has 2 atom stereocenters. The molecule has 0 aliphatic carbocycles. The van der Waals surface area contributed by atoms with Crippen molar-refractivity contribution in [3.05, 3.63) is 64.2 Å². The van der Waals surface area contributed by atoms with Crippen LogP contribution in [0.3, 0.4) is 0 Å². The number of carbonyl (C=O) groups excluding carboxylic acids is 1. The van der Waals surface area contributed by atoms with E-state index in [1.54, 1.807) is 11.0 Å². The summed E-state index contributed by atoms with van der Waals surface area (Å²) in [6.07, 6.45) is -0.536. The first-order chi connectivity index (χ1) is 12.0. The fourth-order valence-corrected chi connectivity index (χ4v) is 3.73. The first-order valence-corrected chi connectivity index (χ1v) is 8.33. The van der Waals surface area contributed by atoms with Crippen LogP contribution in [0, 0.1) is 11.6 Å². The number of benzene rings is 2. The first-order valence-electron chi connectivity index (χ1n) is 7.95. The monoisotopic (exact) mass is 364 g/mol. The zero-order valence-electron chi connectivity index (χ0n) is 13.1. The average molecular weight is 365 g/mol. The number of fused-ring (bicyclic) bond motifs is 3. The third-order valence-corrected chi connectivity index (χ3v) is 5.05. The molecule has 7 heteroatoms. The molecule has 1 N–H and O–H groups in total. The molecule has 0 radical (unpaired) electrons. The predicted octanol–water partition coefficient (Wildman–Crippen LogP) is 3.69. The Morgan fingerprint density at radius 3 is 2.72 bits per heavy atom. The van der Waals surface area contributed by atoms with Gasteiger partial charge in [0.1, 0.15) is 17.4 Å². The molecule has 0 saturated carbocycles. The average Bonchev–Trinajstić information content (AvgIpc) is 3.07. The van der Waals surface area contributed by atoms with Crippen molar-refractivity contribution in [3.8, 4) is 5.75 Å². The molecule has 1 amide bonds. The van der Waals surface area contributed by atoms with Crippen molar-refractivity contribution in [2.45, 2.75) is 18.5 Å². The van der Waals surface area contributed by atoms with Crippen molar-refractivity contribution < 1.29 is 18.3 Å². The molecule has 4 nitrogen and oxygen atoms in total. The van der Waals surface area contributed by atoms with Crippen LogP contribution in [-0.4, -0.2) is 30.1 Å². The molecule has 2 aromatic carbocycles. The van der Waals surface area contributed by atoms with E-state index in [2.05, 4.69) is 5.32 Å². The van der Waals surface area contributed by atoms with Crippen molar-refractivity contribution in [2.75, 3.05) is 13.1 Å². The maximum absolute atomic E-state index is 13.8. The summed E-state index contributed by atoms with van der Waals surface area (Å²) in [7, 11) is 0. The van der Waals surface area contributed by atoms with Gasteiger partial charge in [-0.05, 0) is 47.5 Å². The van der Waals surface area contributed by atoms with Gasteiger partial charge in [-0.2, -0.15) is 0 Å². The molecule has 25 heavy (non-hydrogen) atoms. The van der Waals surface area contributed by atoms with E-state index in [0.29, 0.717) is 13.1 Å². The topological polar surface area (TPSA) is 41.6 Å². The molecule has 0 unspecified atom stereocenters. The van der Waals surface area contributed by atoms with Crippen LogP contribution in [0.4, 0.5) is 13.6 Å². The Kier molecular flexibility index (Phi) is 4.09. The number of rotatable bonds is 1. The van der Waals surface area contributed by atoms with Crippen molar-refractivity contribution in [1.82, 2.24) is 10.2 Å².